The van der Waals surface area contributed by atoms with Crippen molar-refractivity contribution < 1.29 is 4.39 Å². The summed E-state index contributed by atoms with van der Waals surface area (Å²) in [6.45, 7) is 6.81. The van der Waals surface area contributed by atoms with Gasteiger partial charge in [-0.2, -0.15) is 9.49 Å². The summed E-state index contributed by atoms with van der Waals surface area (Å²) >= 11 is 1.16. The standard InChI is InChI=1S/C12H16FN3S.ClH/c1-8(2)16-7-9(3)12(15-16)14-6-10-4-5-11(13)17-10;/h4-5,7-8H,6H2,1-3H3,(H,14,15);1H. The predicted octanol–water partition coefficient (Wildman–Crippen LogP) is 4.01. The van der Waals surface area contributed by atoms with Gasteiger partial charge in [0.2, 0.25) is 0 Å². The minimum atomic E-state index is -0.147. The molecular weight excluding hydrogens is 273 g/mol. The lowest BCUT2D eigenvalue weighted by Gasteiger charge is -2.04. The summed E-state index contributed by atoms with van der Waals surface area (Å²) < 4.78 is 14.7. The van der Waals surface area contributed by atoms with E-state index >= 15 is 0 Å². The van der Waals surface area contributed by atoms with Crippen LogP contribution in [-0.4, -0.2) is 9.78 Å². The molecule has 0 atom stereocenters. The minimum Gasteiger partial charge on any atom is -0.363 e. The zero-order valence-corrected chi connectivity index (χ0v) is 12.2. The molecule has 100 valence electrons. The van der Waals surface area contributed by atoms with Crippen LogP contribution in [-0.2, 0) is 6.54 Å². The Labute approximate surface area is 116 Å². The highest BCUT2D eigenvalue weighted by molar-refractivity contribution is 7.10. The Morgan fingerprint density at radius 3 is 2.67 bits per heavy atom. The van der Waals surface area contributed by atoms with Crippen LogP contribution in [0.15, 0.2) is 18.3 Å². The second-order valence-electron chi connectivity index (χ2n) is 4.29. The molecule has 18 heavy (non-hydrogen) atoms. The molecule has 0 aliphatic carbocycles. The highest BCUT2D eigenvalue weighted by Crippen LogP contribution is 2.18. The first-order chi connectivity index (χ1) is 8.06. The van der Waals surface area contributed by atoms with Crippen LogP contribution in [0.2, 0.25) is 0 Å². The third-order valence-corrected chi connectivity index (χ3v) is 3.38. The average molecular weight is 290 g/mol. The van der Waals surface area contributed by atoms with Crippen molar-refractivity contribution in [2.24, 2.45) is 0 Å². The van der Waals surface area contributed by atoms with Gasteiger partial charge in [-0.25, -0.2) is 0 Å². The molecule has 0 spiro atoms. The molecule has 0 aromatic carbocycles. The highest BCUT2D eigenvalue weighted by atomic mass is 35.5. The van der Waals surface area contributed by atoms with Crippen LogP contribution >= 0.6 is 23.7 Å². The first kappa shape index (κ1) is 15.0. The Kier molecular flexibility index (Phi) is 5.16. The topological polar surface area (TPSA) is 29.9 Å². The summed E-state index contributed by atoms with van der Waals surface area (Å²) in [6, 6.07) is 3.63. The van der Waals surface area contributed by atoms with E-state index in [0.29, 0.717) is 12.6 Å². The van der Waals surface area contributed by atoms with Gasteiger partial charge in [0.1, 0.15) is 0 Å². The van der Waals surface area contributed by atoms with E-state index in [2.05, 4.69) is 24.3 Å². The van der Waals surface area contributed by atoms with Gasteiger partial charge < -0.3 is 5.32 Å². The molecule has 2 aromatic heterocycles. The molecule has 0 aliphatic rings. The molecule has 0 bridgehead atoms. The first-order valence-electron chi connectivity index (χ1n) is 5.60. The maximum atomic E-state index is 12.8. The smallest absolute Gasteiger partial charge is 0.176 e. The van der Waals surface area contributed by atoms with Crippen molar-refractivity contribution in [3.05, 3.63) is 33.9 Å². The second kappa shape index (κ2) is 6.20. The van der Waals surface area contributed by atoms with Crippen LogP contribution in [0.4, 0.5) is 10.2 Å². The van der Waals surface area contributed by atoms with Gasteiger partial charge in [-0.15, -0.1) is 23.7 Å². The summed E-state index contributed by atoms with van der Waals surface area (Å²) in [4.78, 5) is 0.973. The van der Waals surface area contributed by atoms with Crippen molar-refractivity contribution in [3.63, 3.8) is 0 Å². The van der Waals surface area contributed by atoms with E-state index < -0.39 is 0 Å². The normalized spacial score (nSPS) is 10.5. The Hall–Kier alpha value is -1.07. The van der Waals surface area contributed by atoms with Gasteiger partial charge in [-0.3, -0.25) is 4.68 Å². The van der Waals surface area contributed by atoms with Crippen LogP contribution in [0.3, 0.4) is 0 Å². The lowest BCUT2D eigenvalue weighted by atomic mass is 10.3. The molecule has 0 unspecified atom stereocenters. The van der Waals surface area contributed by atoms with Crippen LogP contribution in [0.25, 0.3) is 0 Å². The van der Waals surface area contributed by atoms with Crippen molar-refractivity contribution in [2.75, 3.05) is 5.32 Å². The van der Waals surface area contributed by atoms with Crippen molar-refractivity contribution in [1.29, 1.82) is 0 Å². The predicted molar refractivity (Wildman–Crippen MR) is 76.2 cm³/mol. The van der Waals surface area contributed by atoms with Gasteiger partial charge in [0, 0.05) is 22.7 Å². The minimum absolute atomic E-state index is 0. The maximum Gasteiger partial charge on any atom is 0.176 e. The molecule has 0 amide bonds. The van der Waals surface area contributed by atoms with Crippen LogP contribution in [0.5, 0.6) is 0 Å². The summed E-state index contributed by atoms with van der Waals surface area (Å²) in [7, 11) is 0. The van der Waals surface area contributed by atoms with Gasteiger partial charge in [0.25, 0.3) is 0 Å². The summed E-state index contributed by atoms with van der Waals surface area (Å²) in [5.41, 5.74) is 1.11. The molecule has 2 rings (SSSR count). The number of aryl methyl sites for hydroxylation is 1. The fraction of sp³-hybridized carbons (Fsp3) is 0.417. The van der Waals surface area contributed by atoms with Gasteiger partial charge >= 0.3 is 0 Å². The number of halogens is 2. The van der Waals surface area contributed by atoms with E-state index in [-0.39, 0.29) is 17.5 Å². The van der Waals surface area contributed by atoms with Crippen LogP contribution in [0.1, 0.15) is 30.3 Å². The monoisotopic (exact) mass is 289 g/mol. The SMILES string of the molecule is Cc1cn(C(C)C)nc1NCc1ccc(F)s1.Cl. The Bertz CT molecular complexity index is 507. The van der Waals surface area contributed by atoms with E-state index in [1.807, 2.05) is 17.8 Å². The van der Waals surface area contributed by atoms with Crippen molar-refractivity contribution in [3.8, 4) is 0 Å². The summed E-state index contributed by atoms with van der Waals surface area (Å²) in [5, 5.41) is 7.53. The zero-order valence-electron chi connectivity index (χ0n) is 10.6. The molecule has 2 aromatic rings. The Morgan fingerprint density at radius 2 is 2.17 bits per heavy atom. The van der Waals surface area contributed by atoms with Gasteiger partial charge in [-0.05, 0) is 32.9 Å². The molecule has 0 aliphatic heterocycles. The molecule has 3 nitrogen and oxygen atoms in total. The number of hydrogen-bond donors (Lipinski definition) is 1. The van der Waals surface area contributed by atoms with Gasteiger partial charge in [0.05, 0.1) is 6.54 Å². The Morgan fingerprint density at radius 1 is 1.44 bits per heavy atom. The molecule has 1 N–H and O–H groups in total. The van der Waals surface area contributed by atoms with E-state index in [0.717, 1.165) is 27.6 Å². The number of anilines is 1. The molecular formula is C12H17ClFN3S. The zero-order chi connectivity index (χ0) is 12.4. The number of hydrogen-bond acceptors (Lipinski definition) is 3. The van der Waals surface area contributed by atoms with E-state index in [9.17, 15) is 4.39 Å². The van der Waals surface area contributed by atoms with E-state index in [4.69, 9.17) is 0 Å². The first-order valence-corrected chi connectivity index (χ1v) is 6.41. The third-order valence-electron chi connectivity index (χ3n) is 2.50. The van der Waals surface area contributed by atoms with Crippen molar-refractivity contribution >= 4 is 29.6 Å². The molecule has 2 heterocycles. The summed E-state index contributed by atoms with van der Waals surface area (Å²) in [6.07, 6.45) is 2.02. The summed E-state index contributed by atoms with van der Waals surface area (Å²) in [5.74, 6) is 0.868. The third kappa shape index (κ3) is 3.46. The fourth-order valence-electron chi connectivity index (χ4n) is 1.54. The van der Waals surface area contributed by atoms with Crippen molar-refractivity contribution in [1.82, 2.24) is 9.78 Å². The molecule has 6 heteroatoms. The van der Waals surface area contributed by atoms with Gasteiger partial charge in [0.15, 0.2) is 10.9 Å². The average Bonchev–Trinajstić information content (AvgIpc) is 2.82. The molecule has 0 saturated heterocycles. The maximum absolute atomic E-state index is 12.8. The van der Waals surface area contributed by atoms with Crippen molar-refractivity contribution in [2.45, 2.75) is 33.4 Å². The fourth-order valence-corrected chi connectivity index (χ4v) is 2.21. The molecule has 0 radical (unpaired) electrons. The van der Waals surface area contributed by atoms with Crippen LogP contribution < -0.4 is 5.32 Å². The molecule has 0 saturated carbocycles. The lowest BCUT2D eigenvalue weighted by Crippen LogP contribution is -2.03. The lowest BCUT2D eigenvalue weighted by molar-refractivity contribution is 0.533. The molecule has 0 fully saturated rings. The van der Waals surface area contributed by atoms with Gasteiger partial charge in [-0.1, -0.05) is 0 Å². The number of nitrogens with one attached hydrogen (secondary N) is 1. The van der Waals surface area contributed by atoms with E-state index in [1.165, 1.54) is 6.07 Å². The largest absolute Gasteiger partial charge is 0.363 e. The quantitative estimate of drug-likeness (QED) is 0.922. The second-order valence-corrected chi connectivity index (χ2v) is 5.41. The van der Waals surface area contributed by atoms with Crippen LogP contribution in [0, 0.1) is 12.1 Å². The Balaban J connectivity index is 0.00000162. The number of rotatable bonds is 4. The number of thiophene rings is 1. The van der Waals surface area contributed by atoms with E-state index in [1.54, 1.807) is 6.07 Å². The number of aromatic nitrogens is 2. The number of nitrogens with zero attached hydrogens (tertiary/aromatic N) is 2. The highest BCUT2D eigenvalue weighted by Gasteiger charge is 2.07.